The molecule has 0 radical (unpaired) electrons. The lowest BCUT2D eigenvalue weighted by atomic mass is 9.99. The second-order valence-electron chi connectivity index (χ2n) is 5.58. The zero-order valence-corrected chi connectivity index (χ0v) is 13.4. The van der Waals surface area contributed by atoms with Crippen LogP contribution in [0.15, 0.2) is 48.2 Å². The molecule has 0 saturated carbocycles. The van der Waals surface area contributed by atoms with E-state index in [0.717, 1.165) is 6.08 Å². The predicted octanol–water partition coefficient (Wildman–Crippen LogP) is 3.98. The van der Waals surface area contributed by atoms with Crippen molar-refractivity contribution < 1.29 is 42.4 Å². The summed E-state index contributed by atoms with van der Waals surface area (Å²) in [5, 5.41) is 17.9. The van der Waals surface area contributed by atoms with Crippen LogP contribution < -0.4 is 4.74 Å². The zero-order chi connectivity index (χ0) is 19.8. The van der Waals surface area contributed by atoms with Gasteiger partial charge < -0.3 is 19.7 Å². The van der Waals surface area contributed by atoms with Gasteiger partial charge in [-0.1, -0.05) is 0 Å². The van der Waals surface area contributed by atoms with Gasteiger partial charge in [0.1, 0.15) is 11.5 Å². The Kier molecular flexibility index (Phi) is 4.52. The molecule has 0 aliphatic carbocycles. The number of alkyl halides is 3. The molecule has 0 fully saturated rings. The van der Waals surface area contributed by atoms with E-state index in [1.165, 1.54) is 42.5 Å². The van der Waals surface area contributed by atoms with Crippen molar-refractivity contribution in [2.24, 2.45) is 0 Å². The van der Waals surface area contributed by atoms with Gasteiger partial charge in [0, 0.05) is 16.7 Å². The van der Waals surface area contributed by atoms with Crippen molar-refractivity contribution in [1.29, 1.82) is 0 Å². The Balaban J connectivity index is 1.99. The highest BCUT2D eigenvalue weighted by Crippen LogP contribution is 2.38. The number of rotatable bonds is 3. The first-order chi connectivity index (χ1) is 12.6. The molecule has 0 bridgehead atoms. The van der Waals surface area contributed by atoms with Gasteiger partial charge in [0.15, 0.2) is 11.5 Å². The lowest BCUT2D eigenvalue weighted by Gasteiger charge is -2.27. The van der Waals surface area contributed by atoms with Crippen LogP contribution in [0.2, 0.25) is 0 Å². The molecule has 140 valence electrons. The molecule has 2 aromatic carbocycles. The minimum absolute atomic E-state index is 0.0259. The Hall–Kier alpha value is -3.49. The summed E-state index contributed by atoms with van der Waals surface area (Å²) in [5.74, 6) is -1.58. The first-order valence-corrected chi connectivity index (χ1v) is 7.48. The molecule has 3 rings (SSSR count). The summed E-state index contributed by atoms with van der Waals surface area (Å²) < 4.78 is 48.3. The van der Waals surface area contributed by atoms with Crippen molar-refractivity contribution in [3.05, 3.63) is 64.9 Å². The number of phenolic OH excluding ortho intramolecular Hbond substituents is 1. The molecule has 1 atom stereocenters. The van der Waals surface area contributed by atoms with Gasteiger partial charge in [0.2, 0.25) is 0 Å². The number of hydrogen-bond donors (Lipinski definition) is 2. The van der Waals surface area contributed by atoms with E-state index in [9.17, 15) is 27.9 Å². The number of ketones is 1. The first kappa shape index (κ1) is 18.3. The van der Waals surface area contributed by atoms with Crippen molar-refractivity contribution in [2.75, 3.05) is 0 Å². The maximum atomic E-state index is 13.1. The van der Waals surface area contributed by atoms with Crippen LogP contribution in [0.3, 0.4) is 0 Å². The number of aromatic hydroxyl groups is 1. The second kappa shape index (κ2) is 6.67. The van der Waals surface area contributed by atoms with Gasteiger partial charge in [-0.3, -0.25) is 4.79 Å². The Morgan fingerprint density at radius 1 is 1.04 bits per heavy atom. The summed E-state index contributed by atoms with van der Waals surface area (Å²) in [5.41, 5.74) is 0.458. The predicted molar refractivity (Wildman–Crippen MR) is 85.5 cm³/mol. The highest BCUT2D eigenvalue weighted by molar-refractivity contribution is 6.09. The summed E-state index contributed by atoms with van der Waals surface area (Å²) >= 11 is 0. The topological polar surface area (TPSA) is 93.1 Å². The fraction of sp³-hybridized carbons (Fsp3) is 0.111. The van der Waals surface area contributed by atoms with Crippen LogP contribution in [0.5, 0.6) is 11.5 Å². The molecule has 6 nitrogen and oxygen atoms in total. The average Bonchev–Trinajstić information content (AvgIpc) is 2.59. The van der Waals surface area contributed by atoms with E-state index >= 15 is 0 Å². The number of carbonyl (C=O) groups excluding carboxylic acids is 1. The zero-order valence-electron chi connectivity index (χ0n) is 13.4. The molecule has 9 heteroatoms. The molecule has 2 aromatic rings. The third-order valence-corrected chi connectivity index (χ3v) is 3.70. The highest BCUT2D eigenvalue weighted by Gasteiger charge is 2.48. The number of ether oxygens (including phenoxy) is 2. The number of benzene rings is 2. The van der Waals surface area contributed by atoms with Crippen LogP contribution in [0.4, 0.5) is 18.0 Å². The molecule has 27 heavy (non-hydrogen) atoms. The third kappa shape index (κ3) is 3.86. The largest absolute Gasteiger partial charge is 0.511 e. The van der Waals surface area contributed by atoms with Gasteiger partial charge in [0.05, 0.1) is 0 Å². The van der Waals surface area contributed by atoms with E-state index in [1.54, 1.807) is 0 Å². The van der Waals surface area contributed by atoms with Crippen LogP contribution >= 0.6 is 0 Å². The van der Waals surface area contributed by atoms with Crippen LogP contribution in [-0.4, -0.2) is 34.4 Å². The number of phenols is 1. The minimum Gasteiger partial charge on any atom is -0.508 e. The molecule has 0 saturated heterocycles. The van der Waals surface area contributed by atoms with Crippen LogP contribution in [0, 0.1) is 0 Å². The maximum absolute atomic E-state index is 13.1. The molecule has 1 aliphatic rings. The normalized spacial score (nSPS) is 16.0. The second-order valence-corrected chi connectivity index (χ2v) is 5.58. The van der Waals surface area contributed by atoms with E-state index in [4.69, 9.17) is 9.84 Å². The lowest BCUT2D eigenvalue weighted by Crippen LogP contribution is -2.39. The van der Waals surface area contributed by atoms with E-state index in [0.29, 0.717) is 0 Å². The molecule has 0 spiro atoms. The quantitative estimate of drug-likeness (QED) is 0.618. The fourth-order valence-corrected chi connectivity index (χ4v) is 2.52. The minimum atomic E-state index is -4.89. The van der Waals surface area contributed by atoms with Crippen molar-refractivity contribution in [1.82, 2.24) is 0 Å². The van der Waals surface area contributed by atoms with Crippen molar-refractivity contribution in [2.45, 2.75) is 12.3 Å². The van der Waals surface area contributed by atoms with Crippen LogP contribution in [0.1, 0.15) is 21.5 Å². The van der Waals surface area contributed by atoms with Crippen LogP contribution in [0.25, 0.3) is 6.08 Å². The smallest absolute Gasteiger partial charge is 0.508 e. The van der Waals surface area contributed by atoms with Crippen LogP contribution in [-0.2, 0) is 4.74 Å². The SMILES string of the molecule is O=C(O)OC1=Cc2cc(C(=O)c3ccc(O)cc3)ccc2OC1C(F)(F)F. The molecule has 2 N–H and O–H groups in total. The molecular formula is C18H11F3O6. The molecule has 1 aliphatic heterocycles. The highest BCUT2D eigenvalue weighted by atomic mass is 19.4. The number of halogens is 3. The van der Waals surface area contributed by atoms with E-state index in [1.807, 2.05) is 0 Å². The molecular weight excluding hydrogens is 369 g/mol. The number of carboxylic acid groups (broad SMARTS) is 1. The van der Waals surface area contributed by atoms with Crippen molar-refractivity contribution >= 4 is 18.0 Å². The van der Waals surface area contributed by atoms with E-state index in [-0.39, 0.29) is 28.2 Å². The summed E-state index contributed by atoms with van der Waals surface area (Å²) in [7, 11) is 0. The van der Waals surface area contributed by atoms with Crippen molar-refractivity contribution in [3.63, 3.8) is 0 Å². The first-order valence-electron chi connectivity index (χ1n) is 7.48. The number of carbonyl (C=O) groups is 2. The fourth-order valence-electron chi connectivity index (χ4n) is 2.52. The maximum Gasteiger partial charge on any atom is 0.511 e. The van der Waals surface area contributed by atoms with Gasteiger partial charge in [-0.2, -0.15) is 13.2 Å². The van der Waals surface area contributed by atoms with Gasteiger partial charge >= 0.3 is 12.3 Å². The van der Waals surface area contributed by atoms with Gasteiger partial charge in [-0.05, 0) is 48.5 Å². The number of hydrogen-bond acceptors (Lipinski definition) is 5. The Morgan fingerprint density at radius 2 is 1.67 bits per heavy atom. The summed E-state index contributed by atoms with van der Waals surface area (Å²) in [6, 6.07) is 9.17. The lowest BCUT2D eigenvalue weighted by molar-refractivity contribution is -0.191. The summed E-state index contributed by atoms with van der Waals surface area (Å²) in [4.78, 5) is 23.2. The van der Waals surface area contributed by atoms with E-state index in [2.05, 4.69) is 4.74 Å². The third-order valence-electron chi connectivity index (χ3n) is 3.70. The Bertz CT molecular complexity index is 931. The Morgan fingerprint density at radius 3 is 2.26 bits per heavy atom. The van der Waals surface area contributed by atoms with E-state index < -0.39 is 30.0 Å². The Labute approximate surface area is 150 Å². The molecule has 0 aromatic heterocycles. The summed E-state index contributed by atoms with van der Waals surface area (Å²) in [6.45, 7) is 0. The standard InChI is InChI=1S/C18H11F3O6/c19-18(20,21)16-14(27-17(24)25)8-11-7-10(3-6-13(11)26-16)15(23)9-1-4-12(22)5-2-9/h1-8,16,22H,(H,24,25). The van der Waals surface area contributed by atoms with Gasteiger partial charge in [-0.25, -0.2) is 4.79 Å². The summed E-state index contributed by atoms with van der Waals surface area (Å²) in [6.07, 6.45) is -8.50. The monoisotopic (exact) mass is 380 g/mol. The van der Waals surface area contributed by atoms with Gasteiger partial charge in [-0.15, -0.1) is 0 Å². The van der Waals surface area contributed by atoms with Crippen molar-refractivity contribution in [3.8, 4) is 11.5 Å². The number of fused-ring (bicyclic) bond motifs is 1. The van der Waals surface area contributed by atoms with Gasteiger partial charge in [0.25, 0.3) is 6.10 Å². The molecule has 1 unspecified atom stereocenters. The molecule has 1 heterocycles. The molecule has 0 amide bonds. The average molecular weight is 380 g/mol.